The average molecular weight is 287 g/mol. The van der Waals surface area contributed by atoms with E-state index in [1.807, 2.05) is 13.0 Å². The molecule has 0 aromatic rings. The molecule has 4 heteroatoms. The largest absolute Gasteiger partial charge is 0.461 e. The van der Waals surface area contributed by atoms with Crippen molar-refractivity contribution in [3.8, 4) is 6.07 Å². The van der Waals surface area contributed by atoms with Crippen molar-refractivity contribution in [2.45, 2.75) is 46.0 Å². The first-order chi connectivity index (χ1) is 9.97. The van der Waals surface area contributed by atoms with Crippen molar-refractivity contribution in [3.63, 3.8) is 0 Å². The van der Waals surface area contributed by atoms with Gasteiger partial charge in [0, 0.05) is 13.3 Å². The fourth-order valence-electron chi connectivity index (χ4n) is 3.29. The first kappa shape index (κ1) is 15.5. The van der Waals surface area contributed by atoms with E-state index >= 15 is 0 Å². The molecule has 0 heterocycles. The monoisotopic (exact) mass is 287 g/mol. The van der Waals surface area contributed by atoms with Gasteiger partial charge in [-0.1, -0.05) is 12.2 Å². The summed E-state index contributed by atoms with van der Waals surface area (Å²) >= 11 is 0. The molecule has 0 aromatic carbocycles. The van der Waals surface area contributed by atoms with Crippen LogP contribution in [-0.2, 0) is 14.3 Å². The maximum atomic E-state index is 12.4. The molecule has 0 saturated heterocycles. The van der Waals surface area contributed by atoms with E-state index in [0.717, 1.165) is 30.4 Å². The number of hydrogen-bond acceptors (Lipinski definition) is 4. The van der Waals surface area contributed by atoms with Crippen LogP contribution in [0.4, 0.5) is 0 Å². The Bertz CT molecular complexity index is 553. The molecular formula is C17H21NO3. The van der Waals surface area contributed by atoms with E-state index in [-0.39, 0.29) is 24.3 Å². The Morgan fingerprint density at radius 3 is 2.95 bits per heavy atom. The molecule has 0 saturated carbocycles. The highest BCUT2D eigenvalue weighted by Crippen LogP contribution is 2.46. The van der Waals surface area contributed by atoms with Crippen LogP contribution in [0, 0.1) is 22.7 Å². The number of Topliss-reactive ketones (excluding diaryl/α,β-unsaturated/α-hetero) is 1. The van der Waals surface area contributed by atoms with Crippen LogP contribution in [0.1, 0.15) is 46.0 Å². The van der Waals surface area contributed by atoms with E-state index in [0.29, 0.717) is 12.8 Å². The van der Waals surface area contributed by atoms with E-state index in [1.54, 1.807) is 0 Å². The molecule has 0 fully saturated rings. The number of carbonyl (C=O) groups excluding carboxylic acids is 2. The molecule has 0 unspecified atom stereocenters. The van der Waals surface area contributed by atoms with Gasteiger partial charge in [-0.15, -0.1) is 0 Å². The Balaban J connectivity index is 2.27. The highest BCUT2D eigenvalue weighted by molar-refractivity contribution is 5.92. The fourth-order valence-corrected chi connectivity index (χ4v) is 3.29. The minimum Gasteiger partial charge on any atom is -0.461 e. The number of nitrogens with zero attached hydrogens (tertiary/aromatic N) is 1. The second-order valence-corrected chi connectivity index (χ2v) is 6.05. The Morgan fingerprint density at radius 2 is 2.29 bits per heavy atom. The molecule has 2 aliphatic carbocycles. The number of carbonyl (C=O) groups is 2. The number of nitriles is 1. The molecule has 112 valence electrons. The smallest absolute Gasteiger partial charge is 0.302 e. The molecule has 0 spiro atoms. The lowest BCUT2D eigenvalue weighted by molar-refractivity contribution is -0.140. The summed E-state index contributed by atoms with van der Waals surface area (Å²) in [5.74, 6) is -0.333. The number of ether oxygens (including phenoxy) is 1. The summed E-state index contributed by atoms with van der Waals surface area (Å²) in [4.78, 5) is 23.4. The lowest BCUT2D eigenvalue weighted by Gasteiger charge is -2.29. The summed E-state index contributed by atoms with van der Waals surface area (Å²) in [6.07, 6.45) is 7.49. The molecule has 2 atom stereocenters. The quantitative estimate of drug-likeness (QED) is 0.578. The number of allylic oxidation sites excluding steroid dienone is 3. The average Bonchev–Trinajstić information content (AvgIpc) is 2.75. The van der Waals surface area contributed by atoms with Crippen LogP contribution in [0.5, 0.6) is 0 Å². The van der Waals surface area contributed by atoms with Crippen LogP contribution in [-0.4, -0.2) is 18.4 Å². The molecule has 2 rings (SSSR count). The standard InChI is InChI=1S/C17H21NO3/c1-12(19)21-11-13-5-3-4-6-14(10-18)15-7-8-16(20)17(15,2)9-13/h5,7,14H,3-4,6,8-9,11H2,1-2H3/b13-5+/t14-,17+/m1/s1. The van der Waals surface area contributed by atoms with Crippen molar-refractivity contribution in [1.29, 1.82) is 5.26 Å². The zero-order valence-electron chi connectivity index (χ0n) is 12.6. The summed E-state index contributed by atoms with van der Waals surface area (Å²) in [7, 11) is 0. The first-order valence-electron chi connectivity index (χ1n) is 7.42. The van der Waals surface area contributed by atoms with Gasteiger partial charge in [0.25, 0.3) is 0 Å². The van der Waals surface area contributed by atoms with Gasteiger partial charge in [0.05, 0.1) is 17.4 Å². The van der Waals surface area contributed by atoms with Crippen LogP contribution in [0.25, 0.3) is 0 Å². The molecule has 0 aliphatic heterocycles. The summed E-state index contributed by atoms with van der Waals surface area (Å²) in [6, 6.07) is 2.35. The lowest BCUT2D eigenvalue weighted by atomic mass is 9.72. The van der Waals surface area contributed by atoms with Crippen molar-refractivity contribution < 1.29 is 14.3 Å². The fraction of sp³-hybridized carbons (Fsp3) is 0.588. The van der Waals surface area contributed by atoms with Crippen molar-refractivity contribution in [1.82, 2.24) is 0 Å². The zero-order chi connectivity index (χ0) is 15.5. The third kappa shape index (κ3) is 3.24. The predicted octanol–water partition coefficient (Wildman–Crippen LogP) is 3.10. The van der Waals surface area contributed by atoms with E-state index < -0.39 is 5.41 Å². The predicted molar refractivity (Wildman–Crippen MR) is 78.1 cm³/mol. The molecule has 2 aliphatic rings. The van der Waals surface area contributed by atoms with Gasteiger partial charge in [-0.25, -0.2) is 0 Å². The van der Waals surface area contributed by atoms with Crippen LogP contribution in [0.2, 0.25) is 0 Å². The first-order valence-corrected chi connectivity index (χ1v) is 7.42. The SMILES string of the molecule is CC(=O)OC/C1=C/CCC[C@H](C#N)C2=CCC(=O)[C@@]2(C)C1. The van der Waals surface area contributed by atoms with Gasteiger partial charge in [0.2, 0.25) is 0 Å². The van der Waals surface area contributed by atoms with Crippen molar-refractivity contribution in [3.05, 3.63) is 23.3 Å². The van der Waals surface area contributed by atoms with Crippen molar-refractivity contribution in [2.75, 3.05) is 6.61 Å². The second-order valence-electron chi connectivity index (χ2n) is 6.05. The zero-order valence-corrected chi connectivity index (χ0v) is 12.6. The van der Waals surface area contributed by atoms with E-state index in [1.165, 1.54) is 6.92 Å². The summed E-state index contributed by atoms with van der Waals surface area (Å²) in [5.41, 5.74) is 1.33. The second kappa shape index (κ2) is 6.26. The maximum absolute atomic E-state index is 12.4. The van der Waals surface area contributed by atoms with E-state index in [4.69, 9.17) is 4.74 Å². The summed E-state index contributed by atoms with van der Waals surface area (Å²) in [5, 5.41) is 9.40. The molecule has 0 N–H and O–H groups in total. The van der Waals surface area contributed by atoms with Gasteiger partial charge in [0.1, 0.15) is 12.4 Å². The molecular weight excluding hydrogens is 266 g/mol. The van der Waals surface area contributed by atoms with Crippen LogP contribution in [0.3, 0.4) is 0 Å². The van der Waals surface area contributed by atoms with Gasteiger partial charge in [-0.3, -0.25) is 9.59 Å². The van der Waals surface area contributed by atoms with E-state index in [9.17, 15) is 14.9 Å². The van der Waals surface area contributed by atoms with Crippen molar-refractivity contribution in [2.24, 2.45) is 11.3 Å². The highest BCUT2D eigenvalue weighted by atomic mass is 16.5. The maximum Gasteiger partial charge on any atom is 0.302 e. The minimum atomic E-state index is -0.614. The van der Waals surface area contributed by atoms with Gasteiger partial charge in [-0.05, 0) is 43.8 Å². The summed E-state index contributed by atoms with van der Waals surface area (Å²) in [6.45, 7) is 3.54. The molecule has 4 nitrogen and oxygen atoms in total. The highest BCUT2D eigenvalue weighted by Gasteiger charge is 2.44. The molecule has 0 bridgehead atoms. The van der Waals surface area contributed by atoms with Gasteiger partial charge >= 0.3 is 5.97 Å². The van der Waals surface area contributed by atoms with Gasteiger partial charge < -0.3 is 4.74 Å². The number of hydrogen-bond donors (Lipinski definition) is 0. The third-order valence-corrected chi connectivity index (χ3v) is 4.46. The Labute approximate surface area is 125 Å². The molecule has 0 aromatic heterocycles. The third-order valence-electron chi connectivity index (χ3n) is 4.46. The normalized spacial score (nSPS) is 31.7. The van der Waals surface area contributed by atoms with Gasteiger partial charge in [-0.2, -0.15) is 5.26 Å². The topological polar surface area (TPSA) is 67.2 Å². The Kier molecular flexibility index (Phi) is 4.62. The Morgan fingerprint density at radius 1 is 1.52 bits per heavy atom. The number of fused-ring (bicyclic) bond motifs is 1. The number of ketones is 1. The molecule has 0 radical (unpaired) electrons. The van der Waals surface area contributed by atoms with Gasteiger partial charge in [0.15, 0.2) is 0 Å². The van der Waals surface area contributed by atoms with Crippen LogP contribution >= 0.6 is 0 Å². The van der Waals surface area contributed by atoms with Crippen LogP contribution in [0.15, 0.2) is 23.3 Å². The lowest BCUT2D eigenvalue weighted by Crippen LogP contribution is -2.29. The Hall–Kier alpha value is -1.89. The van der Waals surface area contributed by atoms with Crippen LogP contribution < -0.4 is 0 Å². The number of rotatable bonds is 2. The number of esters is 1. The van der Waals surface area contributed by atoms with Crippen molar-refractivity contribution >= 4 is 11.8 Å². The molecule has 21 heavy (non-hydrogen) atoms. The summed E-state index contributed by atoms with van der Waals surface area (Å²) < 4.78 is 5.10. The minimum absolute atomic E-state index is 0.161. The van der Waals surface area contributed by atoms with E-state index in [2.05, 4.69) is 12.1 Å². The molecule has 0 amide bonds.